The lowest BCUT2D eigenvalue weighted by atomic mass is 9.98. The highest BCUT2D eigenvalue weighted by molar-refractivity contribution is 5.24. The van der Waals surface area contributed by atoms with Crippen LogP contribution in [-0.2, 0) is 0 Å². The SMILES string of the molecule is C=CCCCCCC(NCC)c1cnccc1C. The molecule has 2 heteroatoms. The third-order valence-corrected chi connectivity index (χ3v) is 3.31. The van der Waals surface area contributed by atoms with Crippen LogP contribution in [0.15, 0.2) is 31.1 Å². The van der Waals surface area contributed by atoms with Gasteiger partial charge in [-0.25, -0.2) is 0 Å². The van der Waals surface area contributed by atoms with Crippen molar-refractivity contribution in [2.75, 3.05) is 6.54 Å². The number of hydrogen-bond acceptors (Lipinski definition) is 2. The number of aromatic nitrogens is 1. The van der Waals surface area contributed by atoms with Crippen molar-refractivity contribution in [2.24, 2.45) is 0 Å². The summed E-state index contributed by atoms with van der Waals surface area (Å²) in [6.45, 7) is 9.10. The van der Waals surface area contributed by atoms with Gasteiger partial charge < -0.3 is 5.32 Å². The van der Waals surface area contributed by atoms with Crippen molar-refractivity contribution in [3.63, 3.8) is 0 Å². The van der Waals surface area contributed by atoms with Crippen molar-refractivity contribution in [3.05, 3.63) is 42.2 Å². The van der Waals surface area contributed by atoms with E-state index < -0.39 is 0 Å². The number of nitrogens with one attached hydrogen (secondary N) is 1. The van der Waals surface area contributed by atoms with Crippen LogP contribution in [0.1, 0.15) is 56.2 Å². The van der Waals surface area contributed by atoms with Crippen molar-refractivity contribution >= 4 is 0 Å². The molecule has 1 N–H and O–H groups in total. The minimum atomic E-state index is 0.451. The molecule has 2 nitrogen and oxygen atoms in total. The van der Waals surface area contributed by atoms with Crippen LogP contribution in [0.25, 0.3) is 0 Å². The predicted octanol–water partition coefficient (Wildman–Crippen LogP) is 4.18. The molecule has 0 aromatic carbocycles. The second-order valence-corrected chi connectivity index (χ2v) is 4.77. The zero-order chi connectivity index (χ0) is 13.2. The average molecular weight is 246 g/mol. The van der Waals surface area contributed by atoms with Gasteiger partial charge in [0.05, 0.1) is 0 Å². The molecule has 1 heterocycles. The number of nitrogens with zero attached hydrogens (tertiary/aromatic N) is 1. The van der Waals surface area contributed by atoms with Gasteiger partial charge in [0.1, 0.15) is 0 Å². The summed E-state index contributed by atoms with van der Waals surface area (Å²) in [7, 11) is 0. The van der Waals surface area contributed by atoms with Gasteiger partial charge in [0.2, 0.25) is 0 Å². The molecule has 0 saturated carbocycles. The van der Waals surface area contributed by atoms with Crippen LogP contribution in [0.4, 0.5) is 0 Å². The van der Waals surface area contributed by atoms with Crippen LogP contribution in [0.3, 0.4) is 0 Å². The maximum atomic E-state index is 4.25. The first kappa shape index (κ1) is 14.9. The molecule has 0 spiro atoms. The number of hydrogen-bond donors (Lipinski definition) is 1. The monoisotopic (exact) mass is 246 g/mol. The second kappa shape index (κ2) is 8.87. The molecule has 18 heavy (non-hydrogen) atoms. The number of pyridine rings is 1. The Morgan fingerprint density at radius 1 is 1.39 bits per heavy atom. The van der Waals surface area contributed by atoms with E-state index in [0.717, 1.165) is 13.0 Å². The molecule has 0 aliphatic heterocycles. The fourth-order valence-electron chi connectivity index (χ4n) is 2.27. The minimum Gasteiger partial charge on any atom is -0.310 e. The van der Waals surface area contributed by atoms with Crippen LogP contribution in [0.2, 0.25) is 0 Å². The van der Waals surface area contributed by atoms with Crippen molar-refractivity contribution in [3.8, 4) is 0 Å². The molecule has 0 bridgehead atoms. The number of unbranched alkanes of at least 4 members (excludes halogenated alkanes) is 3. The molecule has 1 atom stereocenters. The van der Waals surface area contributed by atoms with E-state index in [-0.39, 0.29) is 0 Å². The van der Waals surface area contributed by atoms with Gasteiger partial charge in [-0.3, -0.25) is 4.98 Å². The minimum absolute atomic E-state index is 0.451. The number of allylic oxidation sites excluding steroid dienone is 1. The van der Waals surface area contributed by atoms with Gasteiger partial charge in [-0.2, -0.15) is 0 Å². The normalized spacial score (nSPS) is 12.3. The molecule has 0 aliphatic carbocycles. The van der Waals surface area contributed by atoms with Crippen LogP contribution < -0.4 is 5.32 Å². The summed E-state index contributed by atoms with van der Waals surface area (Å²) in [5.74, 6) is 0. The molecule has 100 valence electrons. The average Bonchev–Trinajstić information content (AvgIpc) is 2.38. The summed E-state index contributed by atoms with van der Waals surface area (Å²) < 4.78 is 0. The Hall–Kier alpha value is -1.15. The Kier molecular flexibility index (Phi) is 7.35. The lowest BCUT2D eigenvalue weighted by molar-refractivity contribution is 0.481. The first-order valence-corrected chi connectivity index (χ1v) is 7.04. The van der Waals surface area contributed by atoms with Gasteiger partial charge in [0, 0.05) is 18.4 Å². The lowest BCUT2D eigenvalue weighted by Crippen LogP contribution is -2.21. The van der Waals surface area contributed by atoms with E-state index in [4.69, 9.17) is 0 Å². The number of aryl methyl sites for hydroxylation is 1. The Labute approximate surface area is 112 Å². The highest BCUT2D eigenvalue weighted by atomic mass is 14.9. The van der Waals surface area contributed by atoms with Gasteiger partial charge in [0.25, 0.3) is 0 Å². The molecule has 1 aromatic rings. The van der Waals surface area contributed by atoms with Crippen LogP contribution in [0, 0.1) is 6.92 Å². The van der Waals surface area contributed by atoms with E-state index in [1.54, 1.807) is 0 Å². The molecule has 1 rings (SSSR count). The van der Waals surface area contributed by atoms with Crippen molar-refractivity contribution in [1.29, 1.82) is 0 Å². The summed E-state index contributed by atoms with van der Waals surface area (Å²) in [5.41, 5.74) is 2.69. The van der Waals surface area contributed by atoms with E-state index in [9.17, 15) is 0 Å². The summed E-state index contributed by atoms with van der Waals surface area (Å²) >= 11 is 0. The maximum absolute atomic E-state index is 4.25. The first-order chi connectivity index (χ1) is 8.79. The smallest absolute Gasteiger partial charge is 0.0338 e. The Morgan fingerprint density at radius 3 is 2.89 bits per heavy atom. The fraction of sp³-hybridized carbons (Fsp3) is 0.562. The number of rotatable bonds is 9. The zero-order valence-electron chi connectivity index (χ0n) is 11.8. The maximum Gasteiger partial charge on any atom is 0.0338 e. The van der Waals surface area contributed by atoms with Gasteiger partial charge in [-0.05, 0) is 49.9 Å². The molecule has 0 amide bonds. The van der Waals surface area contributed by atoms with Crippen LogP contribution >= 0.6 is 0 Å². The second-order valence-electron chi connectivity index (χ2n) is 4.77. The highest BCUT2D eigenvalue weighted by Crippen LogP contribution is 2.22. The van der Waals surface area contributed by atoms with Gasteiger partial charge in [-0.15, -0.1) is 6.58 Å². The Morgan fingerprint density at radius 2 is 2.22 bits per heavy atom. The van der Waals surface area contributed by atoms with E-state index in [2.05, 4.69) is 36.8 Å². The largest absolute Gasteiger partial charge is 0.310 e. The van der Waals surface area contributed by atoms with Crippen molar-refractivity contribution in [1.82, 2.24) is 10.3 Å². The Balaban J connectivity index is 2.49. The summed E-state index contributed by atoms with van der Waals surface area (Å²) in [4.78, 5) is 4.25. The van der Waals surface area contributed by atoms with Crippen LogP contribution in [-0.4, -0.2) is 11.5 Å². The van der Waals surface area contributed by atoms with Gasteiger partial charge in [-0.1, -0.05) is 25.8 Å². The molecule has 1 aromatic heterocycles. The molecule has 0 fully saturated rings. The first-order valence-electron chi connectivity index (χ1n) is 7.04. The molecule has 1 unspecified atom stereocenters. The van der Waals surface area contributed by atoms with E-state index in [1.165, 1.54) is 36.8 Å². The molecule has 0 saturated heterocycles. The molecular formula is C16H26N2. The highest BCUT2D eigenvalue weighted by Gasteiger charge is 2.12. The predicted molar refractivity (Wildman–Crippen MR) is 78.7 cm³/mol. The van der Waals surface area contributed by atoms with E-state index >= 15 is 0 Å². The Bertz CT molecular complexity index is 347. The summed E-state index contributed by atoms with van der Waals surface area (Å²) in [6.07, 6.45) is 12.0. The van der Waals surface area contributed by atoms with Crippen LogP contribution in [0.5, 0.6) is 0 Å². The van der Waals surface area contributed by atoms with E-state index in [1.807, 2.05) is 18.5 Å². The molecular weight excluding hydrogens is 220 g/mol. The van der Waals surface area contributed by atoms with Gasteiger partial charge in [0.15, 0.2) is 0 Å². The molecule has 0 radical (unpaired) electrons. The van der Waals surface area contributed by atoms with Crippen molar-refractivity contribution in [2.45, 2.75) is 52.0 Å². The third-order valence-electron chi connectivity index (χ3n) is 3.31. The quantitative estimate of drug-likeness (QED) is 0.522. The summed E-state index contributed by atoms with van der Waals surface area (Å²) in [5, 5.41) is 3.57. The third kappa shape index (κ3) is 5.01. The summed E-state index contributed by atoms with van der Waals surface area (Å²) in [6, 6.07) is 2.55. The lowest BCUT2D eigenvalue weighted by Gasteiger charge is -2.19. The topological polar surface area (TPSA) is 24.9 Å². The zero-order valence-corrected chi connectivity index (χ0v) is 11.8. The van der Waals surface area contributed by atoms with E-state index in [0.29, 0.717) is 6.04 Å². The van der Waals surface area contributed by atoms with Crippen molar-refractivity contribution < 1.29 is 0 Å². The fourth-order valence-corrected chi connectivity index (χ4v) is 2.27. The molecule has 0 aliphatic rings. The van der Waals surface area contributed by atoms with Gasteiger partial charge >= 0.3 is 0 Å². The standard InChI is InChI=1S/C16H26N2/c1-4-6-7-8-9-10-16(18-5-2)15-13-17-12-11-14(15)3/h4,11-13,16,18H,1,5-10H2,2-3H3.